The monoisotopic (exact) mass is 387 g/mol. The van der Waals surface area contributed by atoms with E-state index in [1.807, 2.05) is 31.2 Å². The zero-order valence-electron chi connectivity index (χ0n) is 15.7. The van der Waals surface area contributed by atoms with Crippen LogP contribution in [0.15, 0.2) is 56.9 Å². The number of hydrogen-bond donors (Lipinski definition) is 0. The predicted molar refractivity (Wildman–Crippen MR) is 106 cm³/mol. The van der Waals surface area contributed by atoms with Gasteiger partial charge in [0.25, 0.3) is 5.56 Å². The Balaban J connectivity index is 1.54. The van der Waals surface area contributed by atoms with E-state index in [2.05, 4.69) is 21.0 Å². The molecule has 0 amide bonds. The minimum Gasteiger partial charge on any atom is -0.390 e. The van der Waals surface area contributed by atoms with Crippen LogP contribution in [0.2, 0.25) is 0 Å². The van der Waals surface area contributed by atoms with E-state index in [0.29, 0.717) is 24.0 Å². The summed E-state index contributed by atoms with van der Waals surface area (Å²) in [6, 6.07) is 9.28. The fourth-order valence-corrected chi connectivity index (χ4v) is 3.04. The lowest BCUT2D eigenvalue weighted by Crippen LogP contribution is -2.22. The van der Waals surface area contributed by atoms with Gasteiger partial charge in [0, 0.05) is 11.8 Å². The van der Waals surface area contributed by atoms with Crippen molar-refractivity contribution in [2.75, 3.05) is 0 Å². The van der Waals surface area contributed by atoms with Crippen LogP contribution in [0.4, 0.5) is 0 Å². The Morgan fingerprint density at radius 3 is 2.69 bits per heavy atom. The minimum absolute atomic E-state index is 0.00914. The molecule has 3 heterocycles. The Morgan fingerprint density at radius 2 is 1.93 bits per heavy atom. The molecule has 4 aromatic rings. The first-order valence-corrected chi connectivity index (χ1v) is 8.98. The van der Waals surface area contributed by atoms with E-state index in [0.717, 1.165) is 16.7 Å². The second-order valence-electron chi connectivity index (χ2n) is 6.58. The van der Waals surface area contributed by atoms with Gasteiger partial charge < -0.3 is 4.42 Å². The molecule has 3 aromatic heterocycles. The summed E-state index contributed by atoms with van der Waals surface area (Å²) in [5, 5.41) is 4.64. The molecule has 8 nitrogen and oxygen atoms in total. The summed E-state index contributed by atoms with van der Waals surface area (Å²) in [5.74, 6) is 2.13. The molecule has 0 radical (unpaired) electrons. The van der Waals surface area contributed by atoms with Crippen LogP contribution in [0.3, 0.4) is 0 Å². The molecule has 1 aromatic carbocycles. The standard InChI is InChI=1S/C21H17N5O3/c1-3-15-4-6-16(7-5-15)9-11-26-21(28)29-17(24-26)12-25-13-23-19-18(20(25)27)14(2)8-10-22-19/h1,4-8,10,13H,9,11-12H2,2H3. The molecule has 0 spiro atoms. The molecule has 0 aliphatic heterocycles. The van der Waals surface area contributed by atoms with Crippen LogP contribution in [0.5, 0.6) is 0 Å². The largest absolute Gasteiger partial charge is 0.437 e. The quantitative estimate of drug-likeness (QED) is 0.482. The molecule has 0 fully saturated rings. The lowest BCUT2D eigenvalue weighted by molar-refractivity contribution is 0.434. The van der Waals surface area contributed by atoms with Crippen LogP contribution in [0.25, 0.3) is 11.0 Å². The predicted octanol–water partition coefficient (Wildman–Crippen LogP) is 1.52. The van der Waals surface area contributed by atoms with Gasteiger partial charge in [0.1, 0.15) is 12.9 Å². The van der Waals surface area contributed by atoms with Crippen molar-refractivity contribution in [2.45, 2.75) is 26.4 Å². The molecule has 0 aliphatic carbocycles. The number of hydrogen-bond acceptors (Lipinski definition) is 6. The van der Waals surface area contributed by atoms with E-state index in [9.17, 15) is 9.59 Å². The molecule has 0 saturated heterocycles. The van der Waals surface area contributed by atoms with Crippen molar-refractivity contribution in [3.8, 4) is 12.3 Å². The average molecular weight is 387 g/mol. The second kappa shape index (κ2) is 7.56. The van der Waals surface area contributed by atoms with Crippen molar-refractivity contribution >= 4 is 11.0 Å². The van der Waals surface area contributed by atoms with Gasteiger partial charge in [-0.2, -0.15) is 4.68 Å². The summed E-state index contributed by atoms with van der Waals surface area (Å²) in [6.45, 7) is 2.18. The van der Waals surface area contributed by atoms with Gasteiger partial charge >= 0.3 is 5.76 Å². The fraction of sp³-hybridized carbons (Fsp3) is 0.190. The summed E-state index contributed by atoms with van der Waals surface area (Å²) in [5.41, 5.74) is 2.73. The molecule has 0 N–H and O–H groups in total. The van der Waals surface area contributed by atoms with Gasteiger partial charge in [-0.15, -0.1) is 11.5 Å². The summed E-state index contributed by atoms with van der Waals surface area (Å²) < 4.78 is 7.81. The number of fused-ring (bicyclic) bond motifs is 1. The normalized spacial score (nSPS) is 10.9. The van der Waals surface area contributed by atoms with Crippen LogP contribution in [-0.2, 0) is 19.5 Å². The molecule has 4 rings (SSSR count). The van der Waals surface area contributed by atoms with Crippen molar-refractivity contribution in [3.05, 3.63) is 86.3 Å². The zero-order chi connectivity index (χ0) is 20.4. The number of aryl methyl sites for hydroxylation is 3. The van der Waals surface area contributed by atoms with Gasteiger partial charge in [0.05, 0.1) is 11.9 Å². The van der Waals surface area contributed by atoms with Gasteiger partial charge in [0.15, 0.2) is 5.65 Å². The maximum atomic E-state index is 12.7. The molecular weight excluding hydrogens is 370 g/mol. The third kappa shape index (κ3) is 3.71. The van der Waals surface area contributed by atoms with Gasteiger partial charge in [-0.1, -0.05) is 18.1 Å². The first-order valence-electron chi connectivity index (χ1n) is 8.98. The van der Waals surface area contributed by atoms with E-state index in [1.54, 1.807) is 12.3 Å². The van der Waals surface area contributed by atoms with Crippen molar-refractivity contribution < 1.29 is 4.42 Å². The van der Waals surface area contributed by atoms with Gasteiger partial charge in [-0.25, -0.2) is 14.8 Å². The topological polar surface area (TPSA) is 95.8 Å². The average Bonchev–Trinajstić information content (AvgIpc) is 3.08. The summed E-state index contributed by atoms with van der Waals surface area (Å²) >= 11 is 0. The van der Waals surface area contributed by atoms with Crippen molar-refractivity contribution in [1.82, 2.24) is 24.3 Å². The molecule has 0 unspecified atom stereocenters. The number of pyridine rings is 1. The highest BCUT2D eigenvalue weighted by Crippen LogP contribution is 2.09. The number of nitrogens with zero attached hydrogens (tertiary/aromatic N) is 5. The third-order valence-corrected chi connectivity index (χ3v) is 4.62. The summed E-state index contributed by atoms with van der Waals surface area (Å²) in [4.78, 5) is 33.1. The fourth-order valence-electron chi connectivity index (χ4n) is 3.04. The maximum Gasteiger partial charge on any atom is 0.437 e. The molecule has 8 heteroatoms. The van der Waals surface area contributed by atoms with E-state index < -0.39 is 5.76 Å². The van der Waals surface area contributed by atoms with Crippen LogP contribution in [0.1, 0.15) is 22.6 Å². The maximum absolute atomic E-state index is 12.7. The summed E-state index contributed by atoms with van der Waals surface area (Å²) in [6.07, 6.45) is 8.93. The number of benzene rings is 1. The van der Waals surface area contributed by atoms with E-state index in [4.69, 9.17) is 10.8 Å². The van der Waals surface area contributed by atoms with E-state index in [-0.39, 0.29) is 18.0 Å². The van der Waals surface area contributed by atoms with Crippen LogP contribution in [-0.4, -0.2) is 24.3 Å². The Morgan fingerprint density at radius 1 is 1.14 bits per heavy atom. The Kier molecular flexibility index (Phi) is 4.79. The first-order chi connectivity index (χ1) is 14.0. The molecule has 29 heavy (non-hydrogen) atoms. The molecule has 0 aliphatic rings. The van der Waals surface area contributed by atoms with Gasteiger partial charge in [-0.05, 0) is 42.7 Å². The molecule has 0 saturated carbocycles. The highest BCUT2D eigenvalue weighted by atomic mass is 16.4. The third-order valence-electron chi connectivity index (χ3n) is 4.62. The highest BCUT2D eigenvalue weighted by Gasteiger charge is 2.12. The molecule has 0 atom stereocenters. The SMILES string of the molecule is C#Cc1ccc(CCn2nc(Cn3cnc4nccc(C)c4c3=O)oc2=O)cc1. The molecular formula is C21H17N5O3. The first kappa shape index (κ1) is 18.4. The van der Waals surface area contributed by atoms with Crippen LogP contribution < -0.4 is 11.3 Å². The van der Waals surface area contributed by atoms with E-state index in [1.165, 1.54) is 15.6 Å². The minimum atomic E-state index is -0.570. The Hall–Kier alpha value is -3.99. The smallest absolute Gasteiger partial charge is 0.390 e. The van der Waals surface area contributed by atoms with Crippen molar-refractivity contribution in [2.24, 2.45) is 0 Å². The van der Waals surface area contributed by atoms with Crippen molar-refractivity contribution in [1.29, 1.82) is 0 Å². The number of terminal acetylenes is 1. The number of aromatic nitrogens is 5. The van der Waals surface area contributed by atoms with Crippen LogP contribution in [0, 0.1) is 19.3 Å². The van der Waals surface area contributed by atoms with Crippen molar-refractivity contribution in [3.63, 3.8) is 0 Å². The highest BCUT2D eigenvalue weighted by molar-refractivity contribution is 5.76. The lowest BCUT2D eigenvalue weighted by atomic mass is 10.1. The second-order valence-corrected chi connectivity index (χ2v) is 6.58. The van der Waals surface area contributed by atoms with Gasteiger partial charge in [-0.3, -0.25) is 9.36 Å². The van der Waals surface area contributed by atoms with Crippen LogP contribution >= 0.6 is 0 Å². The zero-order valence-corrected chi connectivity index (χ0v) is 15.7. The van der Waals surface area contributed by atoms with E-state index >= 15 is 0 Å². The Bertz CT molecular complexity index is 1340. The molecule has 144 valence electrons. The van der Waals surface area contributed by atoms with Gasteiger partial charge in [0.2, 0.25) is 5.89 Å². The Labute approximate surface area is 165 Å². The summed E-state index contributed by atoms with van der Waals surface area (Å²) in [7, 11) is 0. The number of rotatable bonds is 5. The molecule has 0 bridgehead atoms. The lowest BCUT2D eigenvalue weighted by Gasteiger charge is -2.05.